The number of nitro benzene ring substituents is 1. The molecular weight excluding hydrogens is 372 g/mol. The molecule has 3 rings (SSSR count). The summed E-state index contributed by atoms with van der Waals surface area (Å²) < 4.78 is 26.7. The Kier molecular flexibility index (Phi) is 5.95. The summed E-state index contributed by atoms with van der Waals surface area (Å²) in [7, 11) is -3.73. The lowest BCUT2D eigenvalue weighted by atomic mass is 9.96. The Morgan fingerprint density at radius 1 is 1.04 bits per heavy atom. The second kappa shape index (κ2) is 8.22. The average Bonchev–Trinajstić information content (AvgIpc) is 2.69. The van der Waals surface area contributed by atoms with E-state index in [1.807, 2.05) is 0 Å². The van der Waals surface area contributed by atoms with Gasteiger partial charge in [0.25, 0.3) is 5.69 Å². The van der Waals surface area contributed by atoms with Gasteiger partial charge in [-0.3, -0.25) is 10.1 Å². The largest absolute Gasteiger partial charge is 0.335 e. The molecule has 0 radical (unpaired) electrons. The molecule has 0 aromatic heterocycles. The number of amides is 2. The summed E-state index contributed by atoms with van der Waals surface area (Å²) in [6, 6.07) is 4.94. The molecule has 2 aliphatic rings. The SMILES string of the molecule is O=C(NC1CCCCC1)N1CCN(S(=O)(=O)c2ccc([N+](=O)[O-])cc2)CC1. The number of piperazine rings is 1. The van der Waals surface area contributed by atoms with Crippen molar-refractivity contribution in [3.63, 3.8) is 0 Å². The van der Waals surface area contributed by atoms with Gasteiger partial charge in [-0.1, -0.05) is 19.3 Å². The average molecular weight is 396 g/mol. The zero-order chi connectivity index (χ0) is 19.4. The first-order valence-corrected chi connectivity index (χ1v) is 10.6. The van der Waals surface area contributed by atoms with Crippen LogP contribution in [0.25, 0.3) is 0 Å². The lowest BCUT2D eigenvalue weighted by molar-refractivity contribution is -0.384. The molecule has 2 fully saturated rings. The van der Waals surface area contributed by atoms with Gasteiger partial charge in [-0.2, -0.15) is 4.31 Å². The van der Waals surface area contributed by atoms with E-state index < -0.39 is 14.9 Å². The van der Waals surface area contributed by atoms with Gasteiger partial charge in [0.15, 0.2) is 0 Å². The Bertz CT molecular complexity index is 782. The van der Waals surface area contributed by atoms with Crippen LogP contribution >= 0.6 is 0 Å². The topological polar surface area (TPSA) is 113 Å². The Hall–Kier alpha value is -2.20. The minimum Gasteiger partial charge on any atom is -0.335 e. The number of carbonyl (C=O) groups is 1. The Balaban J connectivity index is 1.57. The molecule has 0 bridgehead atoms. The van der Waals surface area contributed by atoms with E-state index in [0.29, 0.717) is 13.1 Å². The fourth-order valence-electron chi connectivity index (χ4n) is 3.53. The van der Waals surface area contributed by atoms with E-state index in [0.717, 1.165) is 25.7 Å². The van der Waals surface area contributed by atoms with Crippen molar-refractivity contribution >= 4 is 21.7 Å². The number of nitrogens with zero attached hydrogens (tertiary/aromatic N) is 3. The van der Waals surface area contributed by atoms with Crippen molar-refractivity contribution in [1.82, 2.24) is 14.5 Å². The minimum absolute atomic E-state index is 0.0215. The first-order chi connectivity index (χ1) is 12.9. The van der Waals surface area contributed by atoms with Crippen LogP contribution in [-0.4, -0.2) is 60.8 Å². The van der Waals surface area contributed by atoms with Gasteiger partial charge in [-0.05, 0) is 25.0 Å². The van der Waals surface area contributed by atoms with Crippen LogP contribution in [0.2, 0.25) is 0 Å². The highest BCUT2D eigenvalue weighted by Gasteiger charge is 2.31. The summed E-state index contributed by atoms with van der Waals surface area (Å²) >= 11 is 0. The molecule has 1 saturated carbocycles. The Morgan fingerprint density at radius 2 is 1.63 bits per heavy atom. The van der Waals surface area contributed by atoms with E-state index >= 15 is 0 Å². The van der Waals surface area contributed by atoms with Gasteiger partial charge < -0.3 is 10.2 Å². The van der Waals surface area contributed by atoms with Gasteiger partial charge in [0.05, 0.1) is 9.82 Å². The second-order valence-corrected chi connectivity index (χ2v) is 8.86. The molecule has 1 N–H and O–H groups in total. The first kappa shape index (κ1) is 19.6. The number of carbonyl (C=O) groups excluding carboxylic acids is 1. The maximum Gasteiger partial charge on any atom is 0.317 e. The summed E-state index contributed by atoms with van der Waals surface area (Å²) in [6.07, 6.45) is 5.48. The van der Waals surface area contributed by atoms with Crippen molar-refractivity contribution in [2.45, 2.75) is 43.0 Å². The van der Waals surface area contributed by atoms with Crippen LogP contribution in [0, 0.1) is 10.1 Å². The molecule has 148 valence electrons. The van der Waals surface area contributed by atoms with Crippen LogP contribution in [0.5, 0.6) is 0 Å². The van der Waals surface area contributed by atoms with Crippen molar-refractivity contribution in [1.29, 1.82) is 0 Å². The number of rotatable bonds is 4. The maximum absolute atomic E-state index is 12.7. The zero-order valence-corrected chi connectivity index (χ0v) is 15.9. The van der Waals surface area contributed by atoms with Crippen LogP contribution in [0.1, 0.15) is 32.1 Å². The van der Waals surface area contributed by atoms with Crippen LogP contribution in [0.3, 0.4) is 0 Å². The molecule has 9 nitrogen and oxygen atoms in total. The molecule has 27 heavy (non-hydrogen) atoms. The summed E-state index contributed by atoms with van der Waals surface area (Å²) in [5, 5.41) is 13.8. The van der Waals surface area contributed by atoms with E-state index in [1.54, 1.807) is 4.90 Å². The molecule has 10 heteroatoms. The number of benzene rings is 1. The van der Waals surface area contributed by atoms with Crippen LogP contribution in [0.4, 0.5) is 10.5 Å². The molecule has 0 atom stereocenters. The number of non-ortho nitro benzene ring substituents is 1. The zero-order valence-electron chi connectivity index (χ0n) is 15.0. The van der Waals surface area contributed by atoms with E-state index in [-0.39, 0.29) is 35.7 Å². The molecule has 0 unspecified atom stereocenters. The number of hydrogen-bond donors (Lipinski definition) is 1. The fraction of sp³-hybridized carbons (Fsp3) is 0.588. The molecule has 2 amide bonds. The standard InChI is InChI=1S/C17H24N4O5S/c22-17(18-14-4-2-1-3-5-14)19-10-12-20(13-11-19)27(25,26)16-8-6-15(7-9-16)21(23)24/h6-9,14H,1-5,10-13H2,(H,18,22). The summed E-state index contributed by atoms with van der Waals surface area (Å²) in [5.74, 6) is 0. The second-order valence-electron chi connectivity index (χ2n) is 6.93. The Morgan fingerprint density at radius 3 is 2.19 bits per heavy atom. The van der Waals surface area contributed by atoms with Crippen LogP contribution in [-0.2, 0) is 10.0 Å². The lowest BCUT2D eigenvalue weighted by Crippen LogP contribution is -2.54. The molecule has 1 aromatic rings. The molecule has 1 aromatic carbocycles. The van der Waals surface area contributed by atoms with Gasteiger partial charge in [-0.25, -0.2) is 13.2 Å². The number of urea groups is 1. The highest BCUT2D eigenvalue weighted by Crippen LogP contribution is 2.21. The molecule has 1 aliphatic heterocycles. The molecule has 1 aliphatic carbocycles. The van der Waals surface area contributed by atoms with E-state index in [9.17, 15) is 23.3 Å². The normalized spacial score (nSPS) is 19.6. The third-order valence-corrected chi connectivity index (χ3v) is 7.06. The lowest BCUT2D eigenvalue weighted by Gasteiger charge is -2.35. The monoisotopic (exact) mass is 396 g/mol. The molecule has 1 heterocycles. The van der Waals surface area contributed by atoms with Gasteiger partial charge in [-0.15, -0.1) is 0 Å². The maximum atomic E-state index is 12.7. The Labute approximate surface area is 158 Å². The minimum atomic E-state index is -3.73. The smallest absolute Gasteiger partial charge is 0.317 e. The van der Waals surface area contributed by atoms with Crippen molar-refractivity contribution < 1.29 is 18.1 Å². The van der Waals surface area contributed by atoms with E-state index in [4.69, 9.17) is 0 Å². The molecule has 1 saturated heterocycles. The highest BCUT2D eigenvalue weighted by atomic mass is 32.2. The van der Waals surface area contributed by atoms with Crippen LogP contribution < -0.4 is 5.32 Å². The summed E-state index contributed by atoms with van der Waals surface area (Å²) in [6.45, 7) is 1.06. The number of hydrogen-bond acceptors (Lipinski definition) is 5. The predicted octanol–water partition coefficient (Wildman–Crippen LogP) is 1.94. The van der Waals surface area contributed by atoms with E-state index in [2.05, 4.69) is 5.32 Å². The predicted molar refractivity (Wildman–Crippen MR) is 98.8 cm³/mol. The first-order valence-electron chi connectivity index (χ1n) is 9.18. The van der Waals surface area contributed by atoms with E-state index in [1.165, 1.54) is 35.0 Å². The van der Waals surface area contributed by atoms with Crippen molar-refractivity contribution in [2.75, 3.05) is 26.2 Å². The number of sulfonamides is 1. The van der Waals surface area contributed by atoms with Gasteiger partial charge in [0.1, 0.15) is 0 Å². The van der Waals surface area contributed by atoms with Gasteiger partial charge in [0.2, 0.25) is 10.0 Å². The quantitative estimate of drug-likeness (QED) is 0.617. The van der Waals surface area contributed by atoms with Gasteiger partial charge >= 0.3 is 6.03 Å². The van der Waals surface area contributed by atoms with Gasteiger partial charge in [0, 0.05) is 44.4 Å². The summed E-state index contributed by atoms with van der Waals surface area (Å²) in [4.78, 5) is 24.2. The van der Waals surface area contributed by atoms with Crippen molar-refractivity contribution in [3.05, 3.63) is 34.4 Å². The third kappa shape index (κ3) is 4.56. The summed E-state index contributed by atoms with van der Waals surface area (Å²) in [5.41, 5.74) is -0.154. The van der Waals surface area contributed by atoms with Crippen molar-refractivity contribution in [2.24, 2.45) is 0 Å². The van der Waals surface area contributed by atoms with Crippen LogP contribution in [0.15, 0.2) is 29.2 Å². The third-order valence-electron chi connectivity index (χ3n) is 5.14. The molecule has 0 spiro atoms. The molecular formula is C17H24N4O5S. The number of nitro groups is 1. The number of nitrogens with one attached hydrogen (secondary N) is 1. The van der Waals surface area contributed by atoms with Crippen molar-refractivity contribution in [3.8, 4) is 0 Å². The highest BCUT2D eigenvalue weighted by molar-refractivity contribution is 7.89. The fourth-order valence-corrected chi connectivity index (χ4v) is 4.96.